The predicted octanol–water partition coefficient (Wildman–Crippen LogP) is 3.02. The summed E-state index contributed by atoms with van der Waals surface area (Å²) in [5, 5.41) is 2.10. The quantitative estimate of drug-likeness (QED) is 0.870. The number of ether oxygens (including phenoxy) is 1. The molecule has 1 unspecified atom stereocenters. The molecule has 0 radical (unpaired) electrons. The van der Waals surface area contributed by atoms with Crippen molar-refractivity contribution < 1.29 is 9.53 Å². The van der Waals surface area contributed by atoms with Crippen LogP contribution in [0.2, 0.25) is 0 Å². The lowest BCUT2D eigenvalue weighted by molar-refractivity contribution is -0.115. The van der Waals surface area contributed by atoms with Crippen LogP contribution in [0.1, 0.15) is 6.92 Å². The zero-order chi connectivity index (χ0) is 11.4. The molecule has 1 rings (SSSR count). The monoisotopic (exact) mass is 291 g/mol. The summed E-state index contributed by atoms with van der Waals surface area (Å²) in [6.07, 6.45) is 0. The van der Waals surface area contributed by atoms with Crippen molar-refractivity contribution in [2.24, 2.45) is 0 Å². The molecule has 0 spiro atoms. The molecule has 1 amide bonds. The van der Waals surface area contributed by atoms with Crippen LogP contribution in [0.3, 0.4) is 0 Å². The second-order valence-corrected chi connectivity index (χ2v) is 4.52. The van der Waals surface area contributed by atoms with Crippen LogP contribution < -0.4 is 10.1 Å². The zero-order valence-corrected chi connectivity index (χ0v) is 10.7. The molecule has 0 aliphatic rings. The molecule has 0 bridgehead atoms. The van der Waals surface area contributed by atoms with E-state index >= 15 is 0 Å². The topological polar surface area (TPSA) is 38.3 Å². The van der Waals surface area contributed by atoms with Crippen LogP contribution in [0, 0.1) is 0 Å². The lowest BCUT2D eigenvalue weighted by Gasteiger charge is -2.11. The number of carbonyl (C=O) groups is 1. The molecule has 0 aliphatic heterocycles. The number of benzene rings is 1. The van der Waals surface area contributed by atoms with Gasteiger partial charge in [0.2, 0.25) is 5.91 Å². The summed E-state index contributed by atoms with van der Waals surface area (Å²) in [6.45, 7) is 1.61. The van der Waals surface area contributed by atoms with Gasteiger partial charge in [0.25, 0.3) is 0 Å². The summed E-state index contributed by atoms with van der Waals surface area (Å²) in [5.41, 5.74) is 0.601. The second-order valence-electron chi connectivity index (χ2n) is 2.95. The standard InChI is InChI=1S/C10H11BrClNO2/c1-6(12)10(14)13-8-5-7(11)3-4-9(8)15-2/h3-6H,1-2H3,(H,13,14). The minimum absolute atomic E-state index is 0.256. The van der Waals surface area contributed by atoms with Gasteiger partial charge in [0.15, 0.2) is 0 Å². The van der Waals surface area contributed by atoms with Crippen molar-refractivity contribution in [1.82, 2.24) is 0 Å². The molecule has 82 valence electrons. The molecule has 0 aromatic heterocycles. The van der Waals surface area contributed by atoms with E-state index in [1.165, 1.54) is 0 Å². The maximum atomic E-state index is 11.4. The Labute approximate surface area is 102 Å². The summed E-state index contributed by atoms with van der Waals surface area (Å²) in [4.78, 5) is 11.4. The van der Waals surface area contributed by atoms with Crippen LogP contribution in [0.5, 0.6) is 5.75 Å². The van der Waals surface area contributed by atoms with Gasteiger partial charge in [-0.15, -0.1) is 11.6 Å². The largest absolute Gasteiger partial charge is 0.495 e. The fourth-order valence-corrected chi connectivity index (χ4v) is 1.43. The van der Waals surface area contributed by atoms with Crippen LogP contribution in [0.4, 0.5) is 5.69 Å². The minimum atomic E-state index is -0.575. The fraction of sp³-hybridized carbons (Fsp3) is 0.300. The number of alkyl halides is 1. The molecular weight excluding hydrogens is 281 g/mol. The van der Waals surface area contributed by atoms with Crippen molar-refractivity contribution in [3.63, 3.8) is 0 Å². The van der Waals surface area contributed by atoms with E-state index in [1.807, 2.05) is 6.07 Å². The average Bonchev–Trinajstić information content (AvgIpc) is 2.18. The Hall–Kier alpha value is -0.740. The fourth-order valence-electron chi connectivity index (χ4n) is 1.01. The Bertz CT molecular complexity index is 368. The Balaban J connectivity index is 2.92. The van der Waals surface area contributed by atoms with Gasteiger partial charge in [0, 0.05) is 4.47 Å². The van der Waals surface area contributed by atoms with Crippen molar-refractivity contribution in [2.75, 3.05) is 12.4 Å². The van der Waals surface area contributed by atoms with E-state index < -0.39 is 5.38 Å². The number of anilines is 1. The molecule has 0 aliphatic carbocycles. The molecule has 0 fully saturated rings. The molecule has 15 heavy (non-hydrogen) atoms. The number of hydrogen-bond donors (Lipinski definition) is 1. The van der Waals surface area contributed by atoms with Crippen LogP contribution in [0.15, 0.2) is 22.7 Å². The van der Waals surface area contributed by atoms with E-state index in [9.17, 15) is 4.79 Å². The highest BCUT2D eigenvalue weighted by atomic mass is 79.9. The van der Waals surface area contributed by atoms with Gasteiger partial charge in [-0.05, 0) is 25.1 Å². The Morgan fingerprint density at radius 3 is 2.80 bits per heavy atom. The van der Waals surface area contributed by atoms with E-state index in [0.29, 0.717) is 11.4 Å². The molecular formula is C10H11BrClNO2. The molecule has 0 saturated carbocycles. The molecule has 1 aromatic rings. The summed E-state index contributed by atoms with van der Waals surface area (Å²) in [7, 11) is 1.54. The smallest absolute Gasteiger partial charge is 0.242 e. The van der Waals surface area contributed by atoms with Crippen LogP contribution in [0.25, 0.3) is 0 Å². The van der Waals surface area contributed by atoms with Crippen molar-refractivity contribution >= 4 is 39.1 Å². The maximum Gasteiger partial charge on any atom is 0.242 e. The van der Waals surface area contributed by atoms with Crippen molar-refractivity contribution in [3.8, 4) is 5.75 Å². The molecule has 0 heterocycles. The van der Waals surface area contributed by atoms with Gasteiger partial charge < -0.3 is 10.1 Å². The maximum absolute atomic E-state index is 11.4. The van der Waals surface area contributed by atoms with Gasteiger partial charge in [-0.3, -0.25) is 4.79 Å². The Morgan fingerprint density at radius 1 is 1.60 bits per heavy atom. The first-order chi connectivity index (χ1) is 7.04. The van der Waals surface area contributed by atoms with E-state index in [-0.39, 0.29) is 5.91 Å². The summed E-state index contributed by atoms with van der Waals surface area (Å²) in [6, 6.07) is 5.35. The van der Waals surface area contributed by atoms with Crippen molar-refractivity contribution in [2.45, 2.75) is 12.3 Å². The highest BCUT2D eigenvalue weighted by Crippen LogP contribution is 2.28. The molecule has 1 aromatic carbocycles. The van der Waals surface area contributed by atoms with E-state index in [4.69, 9.17) is 16.3 Å². The van der Waals surface area contributed by atoms with E-state index in [2.05, 4.69) is 21.2 Å². The van der Waals surface area contributed by atoms with Gasteiger partial charge in [-0.2, -0.15) is 0 Å². The van der Waals surface area contributed by atoms with Crippen molar-refractivity contribution in [1.29, 1.82) is 0 Å². The number of amides is 1. The number of carbonyl (C=O) groups excluding carboxylic acids is 1. The summed E-state index contributed by atoms with van der Waals surface area (Å²) in [5.74, 6) is 0.344. The lowest BCUT2D eigenvalue weighted by atomic mass is 10.3. The molecule has 0 saturated heterocycles. The van der Waals surface area contributed by atoms with E-state index in [1.54, 1.807) is 26.2 Å². The third-order valence-corrected chi connectivity index (χ3v) is 2.47. The molecule has 1 N–H and O–H groups in total. The zero-order valence-electron chi connectivity index (χ0n) is 8.38. The van der Waals surface area contributed by atoms with Gasteiger partial charge in [-0.1, -0.05) is 15.9 Å². The van der Waals surface area contributed by atoms with Gasteiger partial charge in [0.05, 0.1) is 12.8 Å². The Kier molecular flexibility index (Phi) is 4.42. The SMILES string of the molecule is COc1ccc(Br)cc1NC(=O)C(C)Cl. The van der Waals surface area contributed by atoms with Crippen molar-refractivity contribution in [3.05, 3.63) is 22.7 Å². The molecule has 1 atom stereocenters. The number of nitrogens with one attached hydrogen (secondary N) is 1. The number of hydrogen-bond acceptors (Lipinski definition) is 2. The summed E-state index contributed by atoms with van der Waals surface area (Å²) < 4.78 is 5.96. The second kappa shape index (κ2) is 5.37. The number of methoxy groups -OCH3 is 1. The van der Waals surface area contributed by atoms with Gasteiger partial charge >= 0.3 is 0 Å². The van der Waals surface area contributed by atoms with E-state index in [0.717, 1.165) is 4.47 Å². The lowest BCUT2D eigenvalue weighted by Crippen LogP contribution is -2.20. The Morgan fingerprint density at radius 2 is 2.27 bits per heavy atom. The number of halogens is 2. The van der Waals surface area contributed by atoms with Gasteiger partial charge in [-0.25, -0.2) is 0 Å². The predicted molar refractivity (Wildman–Crippen MR) is 64.6 cm³/mol. The highest BCUT2D eigenvalue weighted by Gasteiger charge is 2.12. The van der Waals surface area contributed by atoms with Crippen LogP contribution in [-0.2, 0) is 4.79 Å². The van der Waals surface area contributed by atoms with Gasteiger partial charge in [0.1, 0.15) is 11.1 Å². The average molecular weight is 293 g/mol. The normalized spacial score (nSPS) is 12.0. The molecule has 3 nitrogen and oxygen atoms in total. The van der Waals surface area contributed by atoms with Crippen LogP contribution >= 0.6 is 27.5 Å². The third kappa shape index (κ3) is 3.39. The third-order valence-electron chi connectivity index (χ3n) is 1.78. The summed E-state index contributed by atoms with van der Waals surface area (Å²) >= 11 is 8.96. The molecule has 5 heteroatoms. The minimum Gasteiger partial charge on any atom is -0.495 e. The first-order valence-corrected chi connectivity index (χ1v) is 5.56. The first kappa shape index (κ1) is 12.3. The van der Waals surface area contributed by atoms with Crippen LogP contribution in [-0.4, -0.2) is 18.4 Å². The first-order valence-electron chi connectivity index (χ1n) is 4.33. The number of rotatable bonds is 3. The highest BCUT2D eigenvalue weighted by molar-refractivity contribution is 9.10.